The number of morpholine rings is 1. The summed E-state index contributed by atoms with van der Waals surface area (Å²) in [4.78, 5) is -3.56. The Morgan fingerprint density at radius 1 is 0.786 bits per heavy atom. The van der Waals surface area contributed by atoms with Crippen molar-refractivity contribution in [2.45, 2.75) is 55.5 Å². The normalized spacial score (nSPS) is 33.0. The Balaban J connectivity index is 3.87. The molecule has 168 valence electrons. The molecule has 1 saturated heterocycles. The molecule has 3 unspecified atom stereocenters. The van der Waals surface area contributed by atoms with E-state index >= 15 is 0 Å². The molecule has 0 aromatic heterocycles. The van der Waals surface area contributed by atoms with Crippen LogP contribution in [0, 0.1) is 0 Å². The molecular formula is C10H6F15NO2. The molecule has 3 nitrogen and oxygen atoms in total. The second-order valence-electron chi connectivity index (χ2n) is 5.07. The Kier molecular flexibility index (Phi) is 5.70. The minimum absolute atomic E-state index is 0.556. The quantitative estimate of drug-likeness (QED) is 0.444. The first-order valence-electron chi connectivity index (χ1n) is 6.47. The Bertz CT molecular complexity index is 550. The lowest BCUT2D eigenvalue weighted by Gasteiger charge is -2.54. The molecule has 28 heavy (non-hydrogen) atoms. The van der Waals surface area contributed by atoms with Crippen molar-refractivity contribution in [3.8, 4) is 0 Å². The van der Waals surface area contributed by atoms with Crippen molar-refractivity contribution < 1.29 is 75.3 Å². The largest absolute Gasteiger partial charge is 0.456 e. The molecule has 0 aliphatic carbocycles. The summed E-state index contributed by atoms with van der Waals surface area (Å²) in [7, 11) is 0. The summed E-state index contributed by atoms with van der Waals surface area (Å²) in [5, 5.41) is 0. The fourth-order valence-corrected chi connectivity index (χ4v) is 1.96. The minimum Gasteiger partial charge on any atom is -0.317 e. The smallest absolute Gasteiger partial charge is 0.317 e. The van der Waals surface area contributed by atoms with Crippen molar-refractivity contribution in [2.24, 2.45) is 0 Å². The summed E-state index contributed by atoms with van der Waals surface area (Å²) >= 11 is 0. The van der Waals surface area contributed by atoms with E-state index in [1.165, 1.54) is 0 Å². The van der Waals surface area contributed by atoms with Crippen molar-refractivity contribution in [1.29, 1.82) is 0 Å². The van der Waals surface area contributed by atoms with Crippen LogP contribution in [0.15, 0.2) is 0 Å². The fourth-order valence-electron chi connectivity index (χ4n) is 1.96. The highest BCUT2D eigenvalue weighted by Gasteiger charge is 2.94. The minimum atomic E-state index is -7.44. The predicted molar refractivity (Wildman–Crippen MR) is 54.1 cm³/mol. The van der Waals surface area contributed by atoms with Crippen LogP contribution in [0.3, 0.4) is 0 Å². The zero-order chi connectivity index (χ0) is 22.8. The van der Waals surface area contributed by atoms with E-state index < -0.39 is 60.1 Å². The van der Waals surface area contributed by atoms with Gasteiger partial charge < -0.3 is 4.74 Å². The molecule has 1 heterocycles. The van der Waals surface area contributed by atoms with E-state index in [1.807, 2.05) is 0 Å². The van der Waals surface area contributed by atoms with Gasteiger partial charge in [0.25, 0.3) is 6.30 Å². The lowest BCUT2D eigenvalue weighted by molar-refractivity contribution is -0.590. The van der Waals surface area contributed by atoms with Gasteiger partial charge in [0, 0.05) is 0 Å². The molecule has 0 saturated carbocycles. The van der Waals surface area contributed by atoms with E-state index in [1.54, 1.807) is 4.74 Å². The Morgan fingerprint density at radius 3 is 1.36 bits per heavy atom. The summed E-state index contributed by atoms with van der Waals surface area (Å²) in [5.74, 6) is -14.7. The van der Waals surface area contributed by atoms with Crippen molar-refractivity contribution in [1.82, 2.24) is 4.90 Å². The molecule has 0 N–H and O–H groups in total. The average Bonchev–Trinajstić information content (AvgIpc) is 2.42. The molecule has 1 rings (SSSR count). The number of ether oxygens (including phenoxy) is 2. The first-order valence-corrected chi connectivity index (χ1v) is 6.47. The molecular weight excluding hydrogens is 451 g/mol. The zero-order valence-corrected chi connectivity index (χ0v) is 12.7. The van der Waals surface area contributed by atoms with Crippen LogP contribution in [0.1, 0.15) is 6.92 Å². The van der Waals surface area contributed by atoms with Crippen LogP contribution in [-0.2, 0) is 9.47 Å². The molecule has 1 aliphatic rings. The maximum absolute atomic E-state index is 13.7. The van der Waals surface area contributed by atoms with E-state index in [-0.39, 0.29) is 0 Å². The van der Waals surface area contributed by atoms with Gasteiger partial charge in [-0.1, -0.05) is 0 Å². The molecule has 18 heteroatoms. The number of halogens is 15. The summed E-state index contributed by atoms with van der Waals surface area (Å²) < 4.78 is 203. The predicted octanol–water partition coefficient (Wildman–Crippen LogP) is 4.89. The van der Waals surface area contributed by atoms with E-state index in [9.17, 15) is 65.9 Å². The summed E-state index contributed by atoms with van der Waals surface area (Å²) in [6.45, 7) is -0.838. The highest BCUT2D eigenvalue weighted by Crippen LogP contribution is 2.64. The van der Waals surface area contributed by atoms with Crippen LogP contribution in [-0.4, -0.2) is 60.1 Å². The van der Waals surface area contributed by atoms with Crippen LogP contribution in [0.2, 0.25) is 0 Å². The third-order valence-electron chi connectivity index (χ3n) is 3.23. The maximum Gasteiger partial charge on any atom is 0.456 e. The standard InChI is InChI=1S/C10H6F15NO2/c1-2-27-4(12,13)3(11)26-9(22,23)5(14,7(16,17)18)28-6(15,8(19,20)21)10(26,24)25/h3H,2H2,1H3. The van der Waals surface area contributed by atoms with Gasteiger partial charge in [-0.25, -0.2) is 4.39 Å². The van der Waals surface area contributed by atoms with Gasteiger partial charge in [0.05, 0.1) is 6.61 Å². The van der Waals surface area contributed by atoms with Gasteiger partial charge >= 0.3 is 42.3 Å². The highest BCUT2D eigenvalue weighted by molar-refractivity contribution is 5.08. The van der Waals surface area contributed by atoms with Crippen molar-refractivity contribution in [2.75, 3.05) is 6.61 Å². The van der Waals surface area contributed by atoms with Crippen molar-refractivity contribution >= 4 is 0 Å². The van der Waals surface area contributed by atoms with Crippen LogP contribution >= 0.6 is 0 Å². The number of rotatable bonds is 4. The van der Waals surface area contributed by atoms with Gasteiger partial charge in [-0.3, -0.25) is 4.74 Å². The van der Waals surface area contributed by atoms with Crippen LogP contribution in [0.4, 0.5) is 65.9 Å². The van der Waals surface area contributed by atoms with Crippen molar-refractivity contribution in [3.63, 3.8) is 0 Å². The maximum atomic E-state index is 13.7. The lowest BCUT2D eigenvalue weighted by atomic mass is 10.0. The Morgan fingerprint density at radius 2 is 1.11 bits per heavy atom. The first-order chi connectivity index (χ1) is 12.0. The number of alkyl halides is 15. The SMILES string of the molecule is CCOC(F)(F)C(F)N1C(F)(F)C(F)(C(F)(F)F)OC(F)(C(F)(F)F)C1(F)F. The van der Waals surface area contributed by atoms with E-state index in [0.29, 0.717) is 6.92 Å². The molecule has 0 bridgehead atoms. The number of hydrogen-bond donors (Lipinski definition) is 0. The average molecular weight is 457 g/mol. The molecule has 0 aromatic rings. The highest BCUT2D eigenvalue weighted by atomic mass is 19.4. The van der Waals surface area contributed by atoms with Gasteiger partial charge in [-0.05, 0) is 6.92 Å². The topological polar surface area (TPSA) is 21.7 Å². The molecule has 1 fully saturated rings. The van der Waals surface area contributed by atoms with Gasteiger partial charge in [-0.2, -0.15) is 61.5 Å². The van der Waals surface area contributed by atoms with Gasteiger partial charge in [0.2, 0.25) is 0 Å². The summed E-state index contributed by atoms with van der Waals surface area (Å²) in [5.41, 5.74) is 0. The van der Waals surface area contributed by atoms with Crippen LogP contribution in [0.25, 0.3) is 0 Å². The van der Waals surface area contributed by atoms with E-state index in [2.05, 4.69) is 4.74 Å². The van der Waals surface area contributed by atoms with E-state index in [0.717, 1.165) is 0 Å². The number of hydrogen-bond acceptors (Lipinski definition) is 3. The summed E-state index contributed by atoms with van der Waals surface area (Å²) in [6, 6.07) is -14.7. The molecule has 0 spiro atoms. The van der Waals surface area contributed by atoms with Crippen LogP contribution in [0.5, 0.6) is 0 Å². The molecule has 0 aromatic carbocycles. The van der Waals surface area contributed by atoms with Gasteiger partial charge in [0.1, 0.15) is 0 Å². The molecule has 1 aliphatic heterocycles. The van der Waals surface area contributed by atoms with Crippen molar-refractivity contribution in [3.05, 3.63) is 0 Å². The molecule has 3 atom stereocenters. The zero-order valence-electron chi connectivity index (χ0n) is 12.7. The van der Waals surface area contributed by atoms with E-state index in [4.69, 9.17) is 0 Å². The Hall–Kier alpha value is -1.17. The second kappa shape index (κ2) is 6.41. The number of nitrogens with zero attached hydrogens (tertiary/aromatic N) is 1. The van der Waals surface area contributed by atoms with Gasteiger partial charge in [0.15, 0.2) is 0 Å². The summed E-state index contributed by atoms with van der Waals surface area (Å²) in [6.07, 6.45) is -26.4. The fraction of sp³-hybridized carbons (Fsp3) is 1.00. The van der Waals surface area contributed by atoms with Gasteiger partial charge in [-0.15, -0.1) is 4.90 Å². The second-order valence-corrected chi connectivity index (χ2v) is 5.07. The monoisotopic (exact) mass is 457 g/mol. The lowest BCUT2D eigenvalue weighted by Crippen LogP contribution is -2.84. The van der Waals surface area contributed by atoms with Crippen LogP contribution < -0.4 is 0 Å². The molecule has 0 radical (unpaired) electrons. The first kappa shape index (κ1) is 24.9. The Labute approximate surface area is 143 Å². The third kappa shape index (κ3) is 3.16. The third-order valence-corrected chi connectivity index (χ3v) is 3.23. The molecule has 0 amide bonds.